The number of amides is 1. The minimum absolute atomic E-state index is 0.00605. The van der Waals surface area contributed by atoms with Crippen molar-refractivity contribution in [2.45, 2.75) is 50.5 Å². The maximum atomic E-state index is 13.1. The maximum absolute atomic E-state index is 13.1. The highest BCUT2D eigenvalue weighted by Gasteiger charge is 2.72. The van der Waals surface area contributed by atoms with E-state index in [2.05, 4.69) is 28.2 Å². The third kappa shape index (κ3) is 2.85. The fourth-order valence-electron chi connectivity index (χ4n) is 5.72. The van der Waals surface area contributed by atoms with Crippen LogP contribution in [0.5, 0.6) is 0 Å². The summed E-state index contributed by atoms with van der Waals surface area (Å²) in [6.45, 7) is 6.20. The first-order valence-corrected chi connectivity index (χ1v) is 10.3. The van der Waals surface area contributed by atoms with Gasteiger partial charge in [-0.25, -0.2) is 0 Å². The van der Waals surface area contributed by atoms with Crippen molar-refractivity contribution in [1.82, 2.24) is 15.1 Å². The number of piperidine rings is 1. The molecular weight excluding hydrogens is 328 g/mol. The summed E-state index contributed by atoms with van der Waals surface area (Å²) in [5, 5.41) is 13.0. The van der Waals surface area contributed by atoms with E-state index in [1.165, 1.54) is 12.8 Å². The SMILES string of the molecule is CN1CCC(CNC(=O)[C@@]2(C#N)CC23CCCC3)(N2CCOCC2)CC1. The molecule has 6 nitrogen and oxygen atoms in total. The molecule has 2 saturated heterocycles. The lowest BCUT2D eigenvalue weighted by atomic mass is 9.84. The number of nitriles is 1. The van der Waals surface area contributed by atoms with Gasteiger partial charge in [0.15, 0.2) is 0 Å². The van der Waals surface area contributed by atoms with Crippen molar-refractivity contribution in [1.29, 1.82) is 5.26 Å². The van der Waals surface area contributed by atoms with Crippen molar-refractivity contribution in [3.8, 4) is 6.07 Å². The Labute approximate surface area is 156 Å². The van der Waals surface area contributed by atoms with Gasteiger partial charge in [-0.3, -0.25) is 9.69 Å². The molecule has 1 atom stereocenters. The Morgan fingerprint density at radius 3 is 2.38 bits per heavy atom. The van der Waals surface area contributed by atoms with E-state index in [4.69, 9.17) is 4.74 Å². The van der Waals surface area contributed by atoms with E-state index in [-0.39, 0.29) is 16.9 Å². The molecule has 0 bridgehead atoms. The molecule has 144 valence electrons. The van der Waals surface area contributed by atoms with Crippen LogP contribution in [-0.4, -0.2) is 74.2 Å². The largest absolute Gasteiger partial charge is 0.379 e. The molecule has 1 amide bonds. The molecular formula is C20H32N4O2. The quantitative estimate of drug-likeness (QED) is 0.820. The van der Waals surface area contributed by atoms with Crippen LogP contribution in [0.2, 0.25) is 0 Å². The molecule has 0 radical (unpaired) electrons. The molecule has 26 heavy (non-hydrogen) atoms. The predicted molar refractivity (Wildman–Crippen MR) is 98.4 cm³/mol. The zero-order valence-corrected chi connectivity index (χ0v) is 16.1. The van der Waals surface area contributed by atoms with E-state index in [9.17, 15) is 10.1 Å². The average Bonchev–Trinajstić information content (AvgIpc) is 3.07. The van der Waals surface area contributed by atoms with Crippen molar-refractivity contribution in [3.63, 3.8) is 0 Å². The van der Waals surface area contributed by atoms with Crippen LogP contribution < -0.4 is 5.32 Å². The van der Waals surface area contributed by atoms with E-state index >= 15 is 0 Å². The Kier molecular flexibility index (Phi) is 4.75. The standard InChI is InChI=1S/C20H32N4O2/c1-23-8-6-19(7-9-23,24-10-12-26-13-11-24)16-22-17(25)20(15-21)14-18(20)4-2-3-5-18/h2-14,16H2,1H3,(H,22,25)/t20-/m0/s1. The topological polar surface area (TPSA) is 68.6 Å². The lowest BCUT2D eigenvalue weighted by Gasteiger charge is -2.49. The lowest BCUT2D eigenvalue weighted by Crippen LogP contribution is -2.63. The van der Waals surface area contributed by atoms with Crippen molar-refractivity contribution < 1.29 is 9.53 Å². The smallest absolute Gasteiger partial charge is 0.241 e. The Bertz CT molecular complexity index is 581. The summed E-state index contributed by atoms with van der Waals surface area (Å²) in [4.78, 5) is 18.0. The summed E-state index contributed by atoms with van der Waals surface area (Å²) in [5.74, 6) is -0.00605. The molecule has 1 spiro atoms. The Morgan fingerprint density at radius 2 is 1.77 bits per heavy atom. The van der Waals surface area contributed by atoms with Crippen LogP contribution in [0.1, 0.15) is 44.9 Å². The number of likely N-dealkylation sites (tertiary alicyclic amines) is 1. The fourth-order valence-corrected chi connectivity index (χ4v) is 5.72. The van der Waals surface area contributed by atoms with Gasteiger partial charge in [0.05, 0.1) is 19.3 Å². The maximum Gasteiger partial charge on any atom is 0.241 e. The van der Waals surface area contributed by atoms with Crippen molar-refractivity contribution in [3.05, 3.63) is 0 Å². The van der Waals surface area contributed by atoms with Crippen LogP contribution in [-0.2, 0) is 9.53 Å². The van der Waals surface area contributed by atoms with E-state index in [0.29, 0.717) is 6.54 Å². The third-order valence-electron chi connectivity index (χ3n) is 7.70. The third-order valence-corrected chi connectivity index (χ3v) is 7.70. The minimum Gasteiger partial charge on any atom is -0.379 e. The highest BCUT2D eigenvalue weighted by atomic mass is 16.5. The van der Waals surface area contributed by atoms with Gasteiger partial charge in [0, 0.05) is 30.6 Å². The van der Waals surface area contributed by atoms with Gasteiger partial charge in [-0.15, -0.1) is 0 Å². The molecule has 2 saturated carbocycles. The van der Waals surface area contributed by atoms with Gasteiger partial charge in [-0.05, 0) is 52.2 Å². The zero-order valence-electron chi connectivity index (χ0n) is 16.1. The Balaban J connectivity index is 1.45. The Hall–Kier alpha value is -1.16. The zero-order chi connectivity index (χ0) is 18.3. The molecule has 4 rings (SSSR count). The number of rotatable bonds is 4. The molecule has 0 aromatic rings. The highest BCUT2D eigenvalue weighted by molar-refractivity contribution is 5.90. The summed E-state index contributed by atoms with van der Waals surface area (Å²) in [6.07, 6.45) is 7.33. The first-order valence-electron chi connectivity index (χ1n) is 10.3. The number of nitrogens with one attached hydrogen (secondary N) is 1. The molecule has 6 heteroatoms. The van der Waals surface area contributed by atoms with Crippen molar-refractivity contribution >= 4 is 5.91 Å². The van der Waals surface area contributed by atoms with Gasteiger partial charge in [0.1, 0.15) is 5.41 Å². The van der Waals surface area contributed by atoms with Gasteiger partial charge in [0.25, 0.3) is 0 Å². The summed E-state index contributed by atoms with van der Waals surface area (Å²) < 4.78 is 5.54. The number of nitrogens with zero attached hydrogens (tertiary/aromatic N) is 3. The molecule has 0 aromatic carbocycles. The number of ether oxygens (including phenoxy) is 1. The summed E-state index contributed by atoms with van der Waals surface area (Å²) in [7, 11) is 2.17. The number of morpholine rings is 1. The molecule has 2 aliphatic carbocycles. The van der Waals surface area contributed by atoms with E-state index < -0.39 is 5.41 Å². The summed E-state index contributed by atoms with van der Waals surface area (Å²) in [6, 6.07) is 2.42. The van der Waals surface area contributed by atoms with Gasteiger partial charge < -0.3 is 15.0 Å². The molecule has 2 heterocycles. The van der Waals surface area contributed by atoms with Crippen LogP contribution in [0, 0.1) is 22.2 Å². The van der Waals surface area contributed by atoms with Gasteiger partial charge >= 0.3 is 0 Å². The molecule has 4 fully saturated rings. The van der Waals surface area contributed by atoms with E-state index in [1.807, 2.05) is 0 Å². The van der Waals surface area contributed by atoms with Crippen molar-refractivity contribution in [2.24, 2.45) is 10.8 Å². The lowest BCUT2D eigenvalue weighted by molar-refractivity contribution is -0.127. The van der Waals surface area contributed by atoms with E-state index in [0.717, 1.165) is 71.5 Å². The Morgan fingerprint density at radius 1 is 1.12 bits per heavy atom. The summed E-state index contributed by atoms with van der Waals surface area (Å²) in [5.41, 5.74) is -0.744. The second kappa shape index (κ2) is 6.78. The second-order valence-corrected chi connectivity index (χ2v) is 8.99. The van der Waals surface area contributed by atoms with Gasteiger partial charge in [-0.2, -0.15) is 5.26 Å². The summed E-state index contributed by atoms with van der Waals surface area (Å²) >= 11 is 0. The minimum atomic E-state index is -0.749. The molecule has 1 N–H and O–H groups in total. The monoisotopic (exact) mass is 360 g/mol. The molecule has 0 aromatic heterocycles. The first kappa shape index (κ1) is 18.2. The predicted octanol–water partition coefficient (Wildman–Crippen LogP) is 1.37. The first-order chi connectivity index (χ1) is 12.6. The molecule has 2 aliphatic heterocycles. The normalized spacial score (nSPS) is 33.7. The average molecular weight is 361 g/mol. The number of carbonyl (C=O) groups excluding carboxylic acids is 1. The molecule has 4 aliphatic rings. The highest BCUT2D eigenvalue weighted by Crippen LogP contribution is 2.71. The van der Waals surface area contributed by atoms with Gasteiger partial charge in [-0.1, -0.05) is 12.8 Å². The second-order valence-electron chi connectivity index (χ2n) is 8.99. The van der Waals surface area contributed by atoms with Crippen LogP contribution in [0.4, 0.5) is 0 Å². The number of hydrogen-bond donors (Lipinski definition) is 1. The van der Waals surface area contributed by atoms with E-state index in [1.54, 1.807) is 0 Å². The number of carbonyl (C=O) groups is 1. The van der Waals surface area contributed by atoms with Gasteiger partial charge in [0.2, 0.25) is 5.91 Å². The van der Waals surface area contributed by atoms with Crippen LogP contribution >= 0.6 is 0 Å². The molecule has 0 unspecified atom stereocenters. The fraction of sp³-hybridized carbons (Fsp3) is 0.900. The van der Waals surface area contributed by atoms with Crippen molar-refractivity contribution in [2.75, 3.05) is 53.0 Å². The number of hydrogen-bond acceptors (Lipinski definition) is 5. The van der Waals surface area contributed by atoms with Crippen LogP contribution in [0.3, 0.4) is 0 Å². The van der Waals surface area contributed by atoms with Crippen LogP contribution in [0.15, 0.2) is 0 Å². The van der Waals surface area contributed by atoms with Crippen LogP contribution in [0.25, 0.3) is 0 Å².